The van der Waals surface area contributed by atoms with E-state index >= 15 is 0 Å². The summed E-state index contributed by atoms with van der Waals surface area (Å²) in [6, 6.07) is 18.2. The summed E-state index contributed by atoms with van der Waals surface area (Å²) >= 11 is 0. The number of carbonyl (C=O) groups excluding carboxylic acids is 1. The fraction of sp³-hybridized carbons (Fsp3) is 0.514. The van der Waals surface area contributed by atoms with E-state index in [2.05, 4.69) is 68.1 Å². The van der Waals surface area contributed by atoms with E-state index in [0.717, 1.165) is 82.9 Å². The number of aryl methyl sites for hydroxylation is 1. The van der Waals surface area contributed by atoms with Gasteiger partial charge in [0.15, 0.2) is 0 Å². The van der Waals surface area contributed by atoms with Gasteiger partial charge in [0.1, 0.15) is 11.9 Å². The molecule has 0 spiro atoms. The Morgan fingerprint density at radius 2 is 1.75 bits per heavy atom. The Hall–Kier alpha value is -3.85. The maximum atomic E-state index is 12.5. The molecule has 1 saturated carbocycles. The second-order valence-corrected chi connectivity index (χ2v) is 12.9. The van der Waals surface area contributed by atoms with Crippen LogP contribution in [0.15, 0.2) is 67.0 Å². The minimum absolute atomic E-state index is 0.123. The fourth-order valence-corrected chi connectivity index (χ4v) is 8.25. The lowest BCUT2D eigenvalue weighted by Crippen LogP contribution is -2.55. The summed E-state index contributed by atoms with van der Waals surface area (Å²) in [4.78, 5) is 33.2. The molecule has 9 nitrogen and oxygen atoms in total. The van der Waals surface area contributed by atoms with Crippen LogP contribution in [0.3, 0.4) is 0 Å². The summed E-state index contributed by atoms with van der Waals surface area (Å²) in [5, 5.41) is 11.9. The second-order valence-electron chi connectivity index (χ2n) is 12.9. The van der Waals surface area contributed by atoms with Gasteiger partial charge in [0.05, 0.1) is 5.56 Å². The van der Waals surface area contributed by atoms with Gasteiger partial charge in [0.25, 0.3) is 0 Å². The SMILES string of the molecule is CNC(=O)O[C@H]1CCC[C@@H]1[C@](Cn1ccnc1C)(c1ccccc1)C1CCN(CC2CN(c3ccc(C(=O)O)cc3)C2)CC1. The van der Waals surface area contributed by atoms with Crippen LogP contribution in [-0.4, -0.2) is 77.5 Å². The number of alkyl carbamates (subject to hydrolysis) is 1. The average Bonchev–Trinajstić information content (AvgIpc) is 3.66. The van der Waals surface area contributed by atoms with Crippen LogP contribution in [0, 0.1) is 24.7 Å². The molecule has 0 unspecified atom stereocenters. The first kappa shape index (κ1) is 30.2. The van der Waals surface area contributed by atoms with Gasteiger partial charge in [-0.2, -0.15) is 0 Å². The van der Waals surface area contributed by atoms with Crippen molar-refractivity contribution in [2.45, 2.75) is 57.1 Å². The van der Waals surface area contributed by atoms with Crippen LogP contribution in [0.1, 0.15) is 53.8 Å². The highest BCUT2D eigenvalue weighted by Gasteiger charge is 2.53. The molecule has 44 heavy (non-hydrogen) atoms. The molecular weight excluding hydrogens is 554 g/mol. The molecule has 1 aromatic heterocycles. The van der Waals surface area contributed by atoms with Crippen LogP contribution in [0.25, 0.3) is 0 Å². The van der Waals surface area contributed by atoms with Gasteiger partial charge in [-0.25, -0.2) is 14.6 Å². The number of benzene rings is 2. The largest absolute Gasteiger partial charge is 0.478 e. The number of aromatic nitrogens is 2. The number of aromatic carboxylic acids is 1. The highest BCUT2D eigenvalue weighted by molar-refractivity contribution is 5.88. The maximum Gasteiger partial charge on any atom is 0.407 e. The van der Waals surface area contributed by atoms with E-state index in [-0.39, 0.29) is 23.5 Å². The Morgan fingerprint density at radius 3 is 2.39 bits per heavy atom. The first-order valence-corrected chi connectivity index (χ1v) is 16.1. The molecule has 234 valence electrons. The molecule has 6 rings (SSSR count). The van der Waals surface area contributed by atoms with Crippen LogP contribution in [0.2, 0.25) is 0 Å². The van der Waals surface area contributed by atoms with Crippen molar-refractivity contribution in [1.29, 1.82) is 0 Å². The van der Waals surface area contributed by atoms with Gasteiger partial charge in [0.2, 0.25) is 0 Å². The zero-order valence-electron chi connectivity index (χ0n) is 25.9. The first-order valence-electron chi connectivity index (χ1n) is 16.1. The van der Waals surface area contributed by atoms with Gasteiger partial charge in [0, 0.05) is 68.6 Å². The molecule has 3 fully saturated rings. The molecule has 2 saturated heterocycles. The number of hydrogen-bond acceptors (Lipinski definition) is 6. The second kappa shape index (κ2) is 13.0. The number of likely N-dealkylation sites (tertiary alicyclic amines) is 1. The number of carboxylic acids is 1. The van der Waals surface area contributed by atoms with Gasteiger partial charge in [-0.15, -0.1) is 0 Å². The van der Waals surface area contributed by atoms with Gasteiger partial charge in [-0.1, -0.05) is 30.3 Å². The molecule has 9 heteroatoms. The third-order valence-corrected chi connectivity index (χ3v) is 10.5. The van der Waals surface area contributed by atoms with Crippen LogP contribution in [0.5, 0.6) is 0 Å². The molecule has 0 radical (unpaired) electrons. The van der Waals surface area contributed by atoms with E-state index in [1.54, 1.807) is 19.2 Å². The van der Waals surface area contributed by atoms with Crippen molar-refractivity contribution in [3.05, 3.63) is 83.9 Å². The third-order valence-electron chi connectivity index (χ3n) is 10.5. The molecule has 3 atom stereocenters. The lowest BCUT2D eigenvalue weighted by atomic mass is 9.58. The molecule has 1 amide bonds. The van der Waals surface area contributed by atoms with Crippen LogP contribution in [-0.2, 0) is 16.7 Å². The summed E-state index contributed by atoms with van der Waals surface area (Å²) < 4.78 is 8.39. The Balaban J connectivity index is 1.19. The number of anilines is 1. The predicted molar refractivity (Wildman–Crippen MR) is 170 cm³/mol. The van der Waals surface area contributed by atoms with Gasteiger partial charge >= 0.3 is 12.1 Å². The Bertz CT molecular complexity index is 1410. The van der Waals surface area contributed by atoms with Crippen LogP contribution < -0.4 is 10.2 Å². The zero-order chi connectivity index (χ0) is 30.7. The Morgan fingerprint density at radius 1 is 1.02 bits per heavy atom. The van der Waals surface area contributed by atoms with E-state index in [0.29, 0.717) is 17.4 Å². The van der Waals surface area contributed by atoms with Gasteiger partial charge in [-0.3, -0.25) is 0 Å². The summed E-state index contributed by atoms with van der Waals surface area (Å²) in [5.74, 6) is 1.39. The minimum Gasteiger partial charge on any atom is -0.478 e. The van der Waals surface area contributed by atoms with Gasteiger partial charge in [-0.05, 0) is 87.9 Å². The van der Waals surface area contributed by atoms with Crippen LogP contribution >= 0.6 is 0 Å². The maximum absolute atomic E-state index is 12.5. The summed E-state index contributed by atoms with van der Waals surface area (Å²) in [7, 11) is 1.64. The number of ether oxygens (including phenoxy) is 1. The number of nitrogens with zero attached hydrogens (tertiary/aromatic N) is 4. The highest BCUT2D eigenvalue weighted by Crippen LogP contribution is 2.52. The van der Waals surface area contributed by atoms with Crippen molar-refractivity contribution in [2.75, 3.05) is 44.7 Å². The number of piperidine rings is 1. The molecule has 3 heterocycles. The quantitative estimate of drug-likeness (QED) is 0.331. The standard InChI is InChI=1S/C35H45N5O4/c1-25-37-17-20-39(25)24-35(28-7-4-3-5-8-28,31-9-6-10-32(31)44-34(43)36-2)29-15-18-38(19-16-29)21-26-22-40(23-26)30-13-11-27(12-14-30)33(41)42/h3-5,7-8,11-14,17,20,26,29,31-32H,6,9-10,15-16,18-19,21-24H2,1-2H3,(H,36,43)(H,41,42)/t31-,32-,35+/m0/s1. The number of carbonyl (C=O) groups is 2. The fourth-order valence-electron chi connectivity index (χ4n) is 8.25. The molecule has 0 bridgehead atoms. The highest BCUT2D eigenvalue weighted by atomic mass is 16.6. The molecule has 2 N–H and O–H groups in total. The smallest absolute Gasteiger partial charge is 0.407 e. The number of amides is 1. The van der Waals surface area contributed by atoms with Gasteiger partial charge < -0.3 is 29.5 Å². The van der Waals surface area contributed by atoms with E-state index in [1.807, 2.05) is 18.3 Å². The first-order chi connectivity index (χ1) is 21.4. The third kappa shape index (κ3) is 6.07. The van der Waals surface area contributed by atoms with E-state index < -0.39 is 5.97 Å². The van der Waals surface area contributed by atoms with Crippen molar-refractivity contribution < 1.29 is 19.4 Å². The number of imidazole rings is 1. The van der Waals surface area contributed by atoms with E-state index in [1.165, 1.54) is 5.56 Å². The molecule has 1 aliphatic carbocycles. The van der Waals surface area contributed by atoms with Crippen LogP contribution in [0.4, 0.5) is 10.5 Å². The van der Waals surface area contributed by atoms with E-state index in [9.17, 15) is 14.7 Å². The normalized spacial score (nSPS) is 22.7. The number of rotatable bonds is 10. The monoisotopic (exact) mass is 599 g/mol. The summed E-state index contributed by atoms with van der Waals surface area (Å²) in [6.07, 6.45) is 8.71. The summed E-state index contributed by atoms with van der Waals surface area (Å²) in [5.41, 5.74) is 2.57. The lowest BCUT2D eigenvalue weighted by molar-refractivity contribution is 0.00180. The number of nitrogens with one attached hydrogen (secondary N) is 1. The van der Waals surface area contributed by atoms with Crippen molar-refractivity contribution in [3.63, 3.8) is 0 Å². The minimum atomic E-state index is -0.889. The zero-order valence-corrected chi connectivity index (χ0v) is 25.9. The molecule has 2 aliphatic heterocycles. The van der Waals surface area contributed by atoms with E-state index in [4.69, 9.17) is 4.74 Å². The number of hydrogen-bond donors (Lipinski definition) is 2. The average molecular weight is 600 g/mol. The van der Waals surface area contributed by atoms with Crippen molar-refractivity contribution in [3.8, 4) is 0 Å². The number of carboxylic acid groups (broad SMARTS) is 1. The van der Waals surface area contributed by atoms with Crippen molar-refractivity contribution in [2.24, 2.45) is 17.8 Å². The molecule has 2 aromatic carbocycles. The summed E-state index contributed by atoms with van der Waals surface area (Å²) in [6.45, 7) is 8.10. The lowest BCUT2D eigenvalue weighted by Gasteiger charge is -2.51. The topological polar surface area (TPSA) is 99.9 Å². The Labute approximate surface area is 260 Å². The molecule has 3 aliphatic rings. The van der Waals surface area contributed by atoms with Crippen molar-refractivity contribution in [1.82, 2.24) is 19.8 Å². The van der Waals surface area contributed by atoms with Crippen molar-refractivity contribution >= 4 is 17.7 Å². The predicted octanol–water partition coefficient (Wildman–Crippen LogP) is 5.20. The molecule has 3 aromatic rings. The Kier molecular flexibility index (Phi) is 8.93. The molecular formula is C35H45N5O4.